The molecule has 3 atom stereocenters. The predicted molar refractivity (Wildman–Crippen MR) is 147 cm³/mol. The fraction of sp³-hybridized carbons (Fsp3) is 0.593. The maximum absolute atomic E-state index is 15.9. The maximum atomic E-state index is 15.9. The van der Waals surface area contributed by atoms with Gasteiger partial charge in [-0.2, -0.15) is 13.5 Å². The SMILES string of the molecule is NC1CC2CCC(C1)N2C(=O)C(NS(=O)(=O)c1ccc(OCC2CCCCC2)cc1)C(F)(F)c1ccc(Cl)s1. The van der Waals surface area contributed by atoms with E-state index in [0.717, 1.165) is 18.9 Å². The highest BCUT2D eigenvalue weighted by atomic mass is 35.5. The van der Waals surface area contributed by atoms with E-state index in [4.69, 9.17) is 22.1 Å². The summed E-state index contributed by atoms with van der Waals surface area (Å²) in [6.45, 7) is 0.554. The molecule has 3 N–H and O–H groups in total. The molecule has 0 spiro atoms. The molecule has 2 bridgehead atoms. The number of halogens is 3. The molecule has 1 aromatic carbocycles. The number of nitrogens with zero attached hydrogens (tertiary/aromatic N) is 1. The van der Waals surface area contributed by atoms with Crippen molar-refractivity contribution in [2.75, 3.05) is 6.61 Å². The van der Waals surface area contributed by atoms with Crippen LogP contribution in [-0.4, -0.2) is 50.0 Å². The Hall–Kier alpha value is -1.79. The van der Waals surface area contributed by atoms with Gasteiger partial charge in [0, 0.05) is 18.1 Å². The zero-order valence-corrected chi connectivity index (χ0v) is 23.9. The van der Waals surface area contributed by atoms with Crippen LogP contribution in [0.4, 0.5) is 8.78 Å². The second-order valence-corrected chi connectivity index (χ2v) is 14.4. The van der Waals surface area contributed by atoms with Crippen molar-refractivity contribution in [1.82, 2.24) is 9.62 Å². The van der Waals surface area contributed by atoms with Crippen LogP contribution in [-0.2, 0) is 20.7 Å². The van der Waals surface area contributed by atoms with E-state index >= 15 is 8.78 Å². The van der Waals surface area contributed by atoms with Gasteiger partial charge >= 0.3 is 5.92 Å². The van der Waals surface area contributed by atoms with Gasteiger partial charge in [-0.3, -0.25) is 4.79 Å². The van der Waals surface area contributed by atoms with E-state index in [2.05, 4.69) is 4.72 Å². The Labute approximate surface area is 237 Å². The first-order chi connectivity index (χ1) is 18.5. The summed E-state index contributed by atoms with van der Waals surface area (Å²) in [6, 6.07) is 5.04. The highest BCUT2D eigenvalue weighted by molar-refractivity contribution is 7.89. The van der Waals surface area contributed by atoms with Gasteiger partial charge in [-0.1, -0.05) is 30.9 Å². The van der Waals surface area contributed by atoms with E-state index in [0.29, 0.717) is 55.3 Å². The molecule has 12 heteroatoms. The zero-order chi connectivity index (χ0) is 27.8. The highest BCUT2D eigenvalue weighted by Gasteiger charge is 2.54. The third-order valence-electron chi connectivity index (χ3n) is 8.15. The summed E-state index contributed by atoms with van der Waals surface area (Å²) < 4.78 is 66.6. The largest absolute Gasteiger partial charge is 0.493 e. The van der Waals surface area contributed by atoms with Gasteiger partial charge in [0.25, 0.3) is 0 Å². The normalized spacial score (nSPS) is 25.0. The van der Waals surface area contributed by atoms with Crippen molar-refractivity contribution < 1.29 is 26.7 Å². The summed E-state index contributed by atoms with van der Waals surface area (Å²) in [5.74, 6) is -3.79. The van der Waals surface area contributed by atoms with Crippen LogP contribution in [0.3, 0.4) is 0 Å². The molecule has 2 saturated heterocycles. The van der Waals surface area contributed by atoms with Crippen molar-refractivity contribution in [3.8, 4) is 5.75 Å². The second kappa shape index (κ2) is 11.6. The molecule has 3 aliphatic rings. The van der Waals surface area contributed by atoms with E-state index in [1.807, 2.05) is 0 Å². The van der Waals surface area contributed by atoms with Crippen LogP contribution >= 0.6 is 22.9 Å². The fourth-order valence-corrected chi connectivity index (χ4v) is 8.39. The molecule has 5 rings (SSSR count). The molecular formula is C27H34ClF2N3O4S2. The standard InChI is InChI=1S/C27H34ClF2N3O4S2/c28-24-13-12-23(38-24)27(29,30)25(26(34)33-19-6-7-20(33)15-18(31)14-19)32-39(35,36)22-10-8-21(9-11-22)37-16-17-4-2-1-3-5-17/h8-13,17-20,25,32H,1-7,14-16,31H2. The number of nitrogens with one attached hydrogen (secondary N) is 1. The lowest BCUT2D eigenvalue weighted by Crippen LogP contribution is -2.60. The fourth-order valence-electron chi connectivity index (χ4n) is 6.15. The topological polar surface area (TPSA) is 102 Å². The van der Waals surface area contributed by atoms with E-state index in [9.17, 15) is 13.2 Å². The maximum Gasteiger partial charge on any atom is 0.307 e. The van der Waals surface area contributed by atoms with Crippen LogP contribution in [0.2, 0.25) is 4.34 Å². The number of fused-ring (bicyclic) bond motifs is 2. The van der Waals surface area contributed by atoms with Crippen LogP contribution in [0.25, 0.3) is 0 Å². The Morgan fingerprint density at radius 2 is 1.72 bits per heavy atom. The molecule has 3 heterocycles. The first kappa shape index (κ1) is 28.7. The number of hydrogen-bond acceptors (Lipinski definition) is 6. The van der Waals surface area contributed by atoms with Crippen molar-refractivity contribution in [3.05, 3.63) is 45.6 Å². The number of nitrogens with two attached hydrogens (primary N) is 1. The van der Waals surface area contributed by atoms with E-state index in [1.165, 1.54) is 54.5 Å². The van der Waals surface area contributed by atoms with Crippen molar-refractivity contribution >= 4 is 38.9 Å². The molecule has 3 unspecified atom stereocenters. The van der Waals surface area contributed by atoms with Gasteiger partial charge in [-0.25, -0.2) is 8.42 Å². The number of amides is 1. The number of piperidine rings is 1. The Bertz CT molecular complexity index is 1250. The second-order valence-electron chi connectivity index (χ2n) is 10.9. The number of benzene rings is 1. The number of hydrogen-bond donors (Lipinski definition) is 2. The van der Waals surface area contributed by atoms with Gasteiger partial charge in [-0.15, -0.1) is 11.3 Å². The highest BCUT2D eigenvalue weighted by Crippen LogP contribution is 2.42. The minimum atomic E-state index is -4.49. The monoisotopic (exact) mass is 601 g/mol. The lowest BCUT2D eigenvalue weighted by atomic mass is 9.90. The average Bonchev–Trinajstić information content (AvgIpc) is 3.47. The summed E-state index contributed by atoms with van der Waals surface area (Å²) in [7, 11) is -4.49. The third kappa shape index (κ3) is 6.27. The average molecular weight is 602 g/mol. The third-order valence-corrected chi connectivity index (χ3v) is 10.9. The summed E-state index contributed by atoms with van der Waals surface area (Å²) in [5, 5.41) is 0. The van der Waals surface area contributed by atoms with Crippen molar-refractivity contribution in [2.24, 2.45) is 11.7 Å². The summed E-state index contributed by atoms with van der Waals surface area (Å²) in [6.07, 6.45) is 8.14. The van der Waals surface area contributed by atoms with Crippen LogP contribution in [0, 0.1) is 5.92 Å². The molecule has 39 heavy (non-hydrogen) atoms. The van der Waals surface area contributed by atoms with E-state index in [1.54, 1.807) is 0 Å². The lowest BCUT2D eigenvalue weighted by molar-refractivity contribution is -0.148. The zero-order valence-electron chi connectivity index (χ0n) is 21.5. The molecule has 3 fully saturated rings. The van der Waals surface area contributed by atoms with Crippen LogP contribution < -0.4 is 15.2 Å². The number of rotatable bonds is 9. The van der Waals surface area contributed by atoms with Gasteiger partial charge in [0.05, 0.1) is 20.7 Å². The van der Waals surface area contributed by atoms with Crippen LogP contribution in [0.15, 0.2) is 41.3 Å². The van der Waals surface area contributed by atoms with Crippen LogP contribution in [0.1, 0.15) is 62.7 Å². The molecule has 1 saturated carbocycles. The van der Waals surface area contributed by atoms with Crippen LogP contribution in [0.5, 0.6) is 5.75 Å². The Balaban J connectivity index is 1.37. The molecule has 1 aliphatic carbocycles. The van der Waals surface area contributed by atoms with Gasteiger partial charge in [0.2, 0.25) is 15.9 Å². The Kier molecular flexibility index (Phi) is 8.54. The Morgan fingerprint density at radius 1 is 1.08 bits per heavy atom. The molecule has 2 aliphatic heterocycles. The number of carbonyl (C=O) groups excluding carboxylic acids is 1. The molecule has 1 aromatic heterocycles. The molecule has 0 radical (unpaired) electrons. The van der Waals surface area contributed by atoms with Gasteiger partial charge in [0.1, 0.15) is 5.75 Å². The minimum Gasteiger partial charge on any atom is -0.493 e. The van der Waals surface area contributed by atoms with Gasteiger partial charge in [0.15, 0.2) is 6.04 Å². The number of carbonyl (C=O) groups is 1. The van der Waals surface area contributed by atoms with Gasteiger partial charge in [-0.05, 0) is 80.8 Å². The van der Waals surface area contributed by atoms with Crippen molar-refractivity contribution in [2.45, 2.75) is 92.8 Å². The summed E-state index contributed by atoms with van der Waals surface area (Å²) >= 11 is 6.54. The molecular weight excluding hydrogens is 568 g/mol. The lowest BCUT2D eigenvalue weighted by Gasteiger charge is -2.40. The smallest absolute Gasteiger partial charge is 0.307 e. The quantitative estimate of drug-likeness (QED) is 0.407. The predicted octanol–water partition coefficient (Wildman–Crippen LogP) is 5.28. The Morgan fingerprint density at radius 3 is 2.31 bits per heavy atom. The summed E-state index contributed by atoms with van der Waals surface area (Å²) in [5.41, 5.74) is 6.11. The number of alkyl halides is 2. The molecule has 214 valence electrons. The van der Waals surface area contributed by atoms with Crippen molar-refractivity contribution in [1.29, 1.82) is 0 Å². The minimum absolute atomic E-state index is 0.114. The molecule has 7 nitrogen and oxygen atoms in total. The summed E-state index contributed by atoms with van der Waals surface area (Å²) in [4.78, 5) is 14.4. The first-order valence-corrected chi connectivity index (χ1v) is 16.2. The number of sulfonamides is 1. The molecule has 2 aromatic rings. The first-order valence-electron chi connectivity index (χ1n) is 13.5. The van der Waals surface area contributed by atoms with E-state index < -0.39 is 32.8 Å². The van der Waals surface area contributed by atoms with Crippen molar-refractivity contribution in [3.63, 3.8) is 0 Å². The molecule has 1 amide bonds. The number of thiophene rings is 1. The van der Waals surface area contributed by atoms with Gasteiger partial charge < -0.3 is 15.4 Å². The number of ether oxygens (including phenoxy) is 1. The van der Waals surface area contributed by atoms with E-state index in [-0.39, 0.29) is 27.4 Å².